The third kappa shape index (κ3) is 4.08. The summed E-state index contributed by atoms with van der Waals surface area (Å²) in [7, 11) is 0. The highest BCUT2D eigenvalue weighted by Gasteiger charge is 2.30. The Kier molecular flexibility index (Phi) is 5.32. The number of benzene rings is 1. The number of nitrogens with two attached hydrogens (primary N) is 1. The Bertz CT molecular complexity index is 417. The molecule has 2 nitrogen and oxygen atoms in total. The van der Waals surface area contributed by atoms with Crippen LogP contribution in [0.15, 0.2) is 30.3 Å². The summed E-state index contributed by atoms with van der Waals surface area (Å²) in [6.07, 6.45) is 9.69. The maximum absolute atomic E-state index is 6.30. The van der Waals surface area contributed by atoms with Crippen molar-refractivity contribution in [1.82, 2.24) is 4.90 Å². The third-order valence-corrected chi connectivity index (χ3v) is 5.59. The van der Waals surface area contributed by atoms with Crippen LogP contribution in [0, 0.1) is 11.8 Å². The van der Waals surface area contributed by atoms with Crippen LogP contribution in [0.4, 0.5) is 0 Å². The third-order valence-electron chi connectivity index (χ3n) is 5.59. The Morgan fingerprint density at radius 1 is 1.05 bits per heavy atom. The second-order valence-corrected chi connectivity index (χ2v) is 7.05. The maximum atomic E-state index is 6.30. The van der Waals surface area contributed by atoms with Crippen LogP contribution in [-0.2, 0) is 0 Å². The molecule has 0 aromatic heterocycles. The molecule has 1 aliphatic carbocycles. The fourth-order valence-corrected chi connectivity index (χ4v) is 4.28. The van der Waals surface area contributed by atoms with Crippen molar-refractivity contribution in [2.24, 2.45) is 17.6 Å². The van der Waals surface area contributed by atoms with Crippen LogP contribution in [0.5, 0.6) is 0 Å². The molecule has 2 N–H and O–H groups in total. The molecule has 0 amide bonds. The summed E-state index contributed by atoms with van der Waals surface area (Å²) in [6, 6.07) is 10.7. The van der Waals surface area contributed by atoms with Gasteiger partial charge in [-0.1, -0.05) is 49.6 Å². The summed E-state index contributed by atoms with van der Waals surface area (Å²) in [4.78, 5) is 2.70. The van der Waals surface area contributed by atoms with E-state index in [2.05, 4.69) is 35.2 Å². The van der Waals surface area contributed by atoms with Crippen molar-refractivity contribution in [2.75, 3.05) is 19.6 Å². The van der Waals surface area contributed by atoms with E-state index in [1.807, 2.05) is 0 Å². The Morgan fingerprint density at radius 2 is 1.81 bits per heavy atom. The first-order valence-electron chi connectivity index (χ1n) is 8.86. The van der Waals surface area contributed by atoms with Gasteiger partial charge in [0.25, 0.3) is 0 Å². The summed E-state index contributed by atoms with van der Waals surface area (Å²) in [5.41, 5.74) is 7.58. The predicted molar refractivity (Wildman–Crippen MR) is 89.1 cm³/mol. The first-order chi connectivity index (χ1) is 10.3. The van der Waals surface area contributed by atoms with E-state index in [1.165, 1.54) is 63.7 Å². The molecule has 0 radical (unpaired) electrons. The zero-order chi connectivity index (χ0) is 14.5. The van der Waals surface area contributed by atoms with Gasteiger partial charge in [-0.2, -0.15) is 0 Å². The average Bonchev–Trinajstić information content (AvgIpc) is 2.55. The average molecular weight is 286 g/mol. The van der Waals surface area contributed by atoms with Crippen molar-refractivity contribution in [2.45, 2.75) is 51.0 Å². The van der Waals surface area contributed by atoms with Gasteiger partial charge in [-0.05, 0) is 56.2 Å². The Morgan fingerprint density at radius 3 is 2.62 bits per heavy atom. The molecular weight excluding hydrogens is 256 g/mol. The van der Waals surface area contributed by atoms with Gasteiger partial charge < -0.3 is 10.6 Å². The molecule has 1 aromatic rings. The van der Waals surface area contributed by atoms with E-state index in [-0.39, 0.29) is 6.04 Å². The second-order valence-electron chi connectivity index (χ2n) is 7.05. The van der Waals surface area contributed by atoms with Gasteiger partial charge in [-0.15, -0.1) is 0 Å². The SMILES string of the molecule is NC(CCCN1CCC2CCCCC2C1)c1ccccc1. The molecule has 3 atom stereocenters. The number of hydrogen-bond donors (Lipinski definition) is 1. The van der Waals surface area contributed by atoms with E-state index < -0.39 is 0 Å². The summed E-state index contributed by atoms with van der Waals surface area (Å²) in [5.74, 6) is 2.04. The highest BCUT2D eigenvalue weighted by atomic mass is 15.1. The maximum Gasteiger partial charge on any atom is 0.0295 e. The van der Waals surface area contributed by atoms with Crippen molar-refractivity contribution in [3.05, 3.63) is 35.9 Å². The largest absolute Gasteiger partial charge is 0.324 e. The molecule has 1 saturated heterocycles. The molecule has 21 heavy (non-hydrogen) atoms. The van der Waals surface area contributed by atoms with Gasteiger partial charge in [0.1, 0.15) is 0 Å². The van der Waals surface area contributed by atoms with Crippen molar-refractivity contribution in [3.8, 4) is 0 Å². The zero-order valence-electron chi connectivity index (χ0n) is 13.2. The summed E-state index contributed by atoms with van der Waals surface area (Å²) in [5, 5.41) is 0. The van der Waals surface area contributed by atoms with Crippen LogP contribution in [0.1, 0.15) is 56.6 Å². The second kappa shape index (κ2) is 7.42. The summed E-state index contributed by atoms with van der Waals surface area (Å²) >= 11 is 0. The van der Waals surface area contributed by atoms with Gasteiger partial charge in [-0.25, -0.2) is 0 Å². The van der Waals surface area contributed by atoms with E-state index in [9.17, 15) is 0 Å². The smallest absolute Gasteiger partial charge is 0.0295 e. The Balaban J connectivity index is 1.39. The minimum atomic E-state index is 0.207. The van der Waals surface area contributed by atoms with Crippen LogP contribution in [-0.4, -0.2) is 24.5 Å². The molecule has 0 bridgehead atoms. The molecule has 0 spiro atoms. The standard InChI is InChI=1S/C19H30N2/c20-19(17-8-2-1-3-9-17)11-6-13-21-14-12-16-7-4-5-10-18(16)15-21/h1-3,8-9,16,18-19H,4-7,10-15,20H2. The number of rotatable bonds is 5. The van der Waals surface area contributed by atoms with Gasteiger partial charge in [0.2, 0.25) is 0 Å². The Labute approximate surface area is 129 Å². The zero-order valence-corrected chi connectivity index (χ0v) is 13.2. The topological polar surface area (TPSA) is 29.3 Å². The molecule has 3 rings (SSSR count). The van der Waals surface area contributed by atoms with Crippen LogP contribution < -0.4 is 5.73 Å². The number of hydrogen-bond acceptors (Lipinski definition) is 2. The number of fused-ring (bicyclic) bond motifs is 1. The number of likely N-dealkylation sites (tertiary alicyclic amines) is 1. The lowest BCUT2D eigenvalue weighted by Gasteiger charge is -2.41. The molecule has 2 aliphatic rings. The molecule has 1 saturated carbocycles. The van der Waals surface area contributed by atoms with Gasteiger partial charge >= 0.3 is 0 Å². The Hall–Kier alpha value is -0.860. The van der Waals surface area contributed by atoms with Crippen LogP contribution in [0.25, 0.3) is 0 Å². The molecular formula is C19H30N2. The monoisotopic (exact) mass is 286 g/mol. The van der Waals surface area contributed by atoms with Crippen molar-refractivity contribution < 1.29 is 0 Å². The van der Waals surface area contributed by atoms with Crippen molar-refractivity contribution in [1.29, 1.82) is 0 Å². The highest BCUT2D eigenvalue weighted by molar-refractivity contribution is 5.18. The van der Waals surface area contributed by atoms with Crippen molar-refractivity contribution >= 4 is 0 Å². The number of piperidine rings is 1. The van der Waals surface area contributed by atoms with Gasteiger partial charge in [0, 0.05) is 12.6 Å². The van der Waals surface area contributed by atoms with E-state index in [0.29, 0.717) is 0 Å². The molecule has 1 aliphatic heterocycles. The van der Waals surface area contributed by atoms with Gasteiger partial charge in [0.15, 0.2) is 0 Å². The predicted octanol–water partition coefficient (Wildman–Crippen LogP) is 3.98. The lowest BCUT2D eigenvalue weighted by Crippen LogP contribution is -2.42. The van der Waals surface area contributed by atoms with E-state index in [1.54, 1.807) is 0 Å². The molecule has 116 valence electrons. The molecule has 2 heteroatoms. The summed E-state index contributed by atoms with van der Waals surface area (Å²) < 4.78 is 0. The molecule has 3 unspecified atom stereocenters. The fraction of sp³-hybridized carbons (Fsp3) is 0.684. The first-order valence-corrected chi connectivity index (χ1v) is 8.86. The lowest BCUT2D eigenvalue weighted by atomic mass is 9.75. The lowest BCUT2D eigenvalue weighted by molar-refractivity contribution is 0.0854. The summed E-state index contributed by atoms with van der Waals surface area (Å²) in [6.45, 7) is 3.91. The highest BCUT2D eigenvalue weighted by Crippen LogP contribution is 2.36. The first kappa shape index (κ1) is 15.1. The van der Waals surface area contributed by atoms with E-state index in [0.717, 1.165) is 18.3 Å². The van der Waals surface area contributed by atoms with Gasteiger partial charge in [0.05, 0.1) is 0 Å². The van der Waals surface area contributed by atoms with E-state index in [4.69, 9.17) is 5.73 Å². The van der Waals surface area contributed by atoms with Crippen LogP contribution >= 0.6 is 0 Å². The molecule has 1 aromatic carbocycles. The molecule has 1 heterocycles. The quantitative estimate of drug-likeness (QED) is 0.887. The van der Waals surface area contributed by atoms with Crippen LogP contribution in [0.2, 0.25) is 0 Å². The fourth-order valence-electron chi connectivity index (χ4n) is 4.28. The van der Waals surface area contributed by atoms with Crippen LogP contribution in [0.3, 0.4) is 0 Å². The minimum absolute atomic E-state index is 0.207. The van der Waals surface area contributed by atoms with E-state index >= 15 is 0 Å². The van der Waals surface area contributed by atoms with Gasteiger partial charge in [-0.3, -0.25) is 0 Å². The minimum Gasteiger partial charge on any atom is -0.324 e. The van der Waals surface area contributed by atoms with Crippen molar-refractivity contribution in [3.63, 3.8) is 0 Å². The number of nitrogens with zero attached hydrogens (tertiary/aromatic N) is 1. The normalized spacial score (nSPS) is 28.0. The molecule has 2 fully saturated rings.